The number of piperidine rings is 1. The van der Waals surface area contributed by atoms with Crippen LogP contribution in [0.1, 0.15) is 38.2 Å². The Morgan fingerprint density at radius 3 is 2.80 bits per heavy atom. The predicted octanol–water partition coefficient (Wildman–Crippen LogP) is 2.57. The van der Waals surface area contributed by atoms with Crippen molar-refractivity contribution in [3.8, 4) is 0 Å². The van der Waals surface area contributed by atoms with E-state index in [4.69, 9.17) is 0 Å². The van der Waals surface area contributed by atoms with Crippen LogP contribution in [-0.2, 0) is 11.3 Å². The molecule has 20 heavy (non-hydrogen) atoms. The molecule has 1 saturated heterocycles. The van der Waals surface area contributed by atoms with Gasteiger partial charge >= 0.3 is 0 Å². The quantitative estimate of drug-likeness (QED) is 0.913. The molecule has 0 aromatic heterocycles. The van der Waals surface area contributed by atoms with E-state index in [0.29, 0.717) is 6.04 Å². The van der Waals surface area contributed by atoms with Crippen LogP contribution in [0, 0.1) is 5.41 Å². The maximum atomic E-state index is 12.1. The van der Waals surface area contributed by atoms with Crippen molar-refractivity contribution in [1.29, 1.82) is 0 Å². The molecule has 3 rings (SSSR count). The highest BCUT2D eigenvalue weighted by Gasteiger charge is 2.45. The van der Waals surface area contributed by atoms with Crippen molar-refractivity contribution < 1.29 is 4.79 Å². The van der Waals surface area contributed by atoms with Gasteiger partial charge in [0, 0.05) is 24.5 Å². The van der Waals surface area contributed by atoms with E-state index >= 15 is 0 Å². The van der Waals surface area contributed by atoms with Crippen molar-refractivity contribution in [2.24, 2.45) is 5.41 Å². The van der Waals surface area contributed by atoms with E-state index < -0.39 is 0 Å². The Hall–Kier alpha value is -1.35. The second-order valence-corrected chi connectivity index (χ2v) is 6.59. The van der Waals surface area contributed by atoms with Gasteiger partial charge in [-0.2, -0.15) is 0 Å². The number of hydrogen-bond donors (Lipinski definition) is 1. The van der Waals surface area contributed by atoms with Crippen molar-refractivity contribution in [2.75, 3.05) is 13.1 Å². The topological polar surface area (TPSA) is 32.3 Å². The zero-order valence-electron chi connectivity index (χ0n) is 12.3. The lowest BCUT2D eigenvalue weighted by Gasteiger charge is -2.33. The van der Waals surface area contributed by atoms with Crippen LogP contribution < -0.4 is 5.32 Å². The summed E-state index contributed by atoms with van der Waals surface area (Å²) >= 11 is 0. The van der Waals surface area contributed by atoms with Crippen LogP contribution in [0.4, 0.5) is 0 Å². The molecule has 0 spiro atoms. The van der Waals surface area contributed by atoms with E-state index in [2.05, 4.69) is 47.5 Å². The second kappa shape index (κ2) is 5.57. The van der Waals surface area contributed by atoms with Crippen molar-refractivity contribution >= 4 is 5.91 Å². The molecule has 1 atom stereocenters. The average molecular weight is 272 g/mol. The van der Waals surface area contributed by atoms with E-state index in [1.807, 2.05) is 0 Å². The fraction of sp³-hybridized carbons (Fsp3) is 0.588. The largest absolute Gasteiger partial charge is 0.352 e. The number of nitrogens with one attached hydrogen (secondary N) is 1. The van der Waals surface area contributed by atoms with Gasteiger partial charge in [-0.1, -0.05) is 37.3 Å². The van der Waals surface area contributed by atoms with E-state index in [9.17, 15) is 4.79 Å². The minimum atomic E-state index is -0.0539. The van der Waals surface area contributed by atoms with E-state index in [1.165, 1.54) is 12.0 Å². The van der Waals surface area contributed by atoms with Crippen molar-refractivity contribution in [1.82, 2.24) is 10.2 Å². The van der Waals surface area contributed by atoms with Crippen molar-refractivity contribution in [2.45, 2.75) is 45.2 Å². The van der Waals surface area contributed by atoms with Crippen LogP contribution >= 0.6 is 0 Å². The SMILES string of the molecule is CC1(C(=O)NC2CCCN(Cc3ccccc3)C2)CC1. The number of likely N-dealkylation sites (tertiary alicyclic amines) is 1. The summed E-state index contributed by atoms with van der Waals surface area (Å²) < 4.78 is 0. The number of amides is 1. The highest BCUT2D eigenvalue weighted by Crippen LogP contribution is 2.45. The molecule has 1 aromatic rings. The fourth-order valence-corrected chi connectivity index (χ4v) is 2.93. The Bertz CT molecular complexity index is 467. The lowest BCUT2D eigenvalue weighted by molar-refractivity contribution is -0.126. The number of rotatable bonds is 4. The molecule has 1 aromatic carbocycles. The molecule has 108 valence electrons. The maximum Gasteiger partial charge on any atom is 0.226 e. The first-order chi connectivity index (χ1) is 9.66. The molecule has 1 amide bonds. The van der Waals surface area contributed by atoms with E-state index in [1.54, 1.807) is 0 Å². The first-order valence-electron chi connectivity index (χ1n) is 7.73. The molecule has 3 nitrogen and oxygen atoms in total. The zero-order chi connectivity index (χ0) is 14.0. The summed E-state index contributed by atoms with van der Waals surface area (Å²) in [5.41, 5.74) is 1.30. The summed E-state index contributed by atoms with van der Waals surface area (Å²) in [6.45, 7) is 5.19. The van der Waals surface area contributed by atoms with Gasteiger partial charge in [0.2, 0.25) is 5.91 Å². The summed E-state index contributed by atoms with van der Waals surface area (Å²) in [5, 5.41) is 3.26. The Morgan fingerprint density at radius 1 is 1.35 bits per heavy atom. The molecule has 3 heteroatoms. The molecule has 1 saturated carbocycles. The number of carbonyl (C=O) groups excluding carboxylic acids is 1. The molecule has 1 N–H and O–H groups in total. The minimum absolute atomic E-state index is 0.0539. The molecule has 2 fully saturated rings. The lowest BCUT2D eigenvalue weighted by atomic mass is 10.0. The molecule has 1 unspecified atom stereocenters. The van der Waals surface area contributed by atoms with Gasteiger partial charge in [-0.3, -0.25) is 9.69 Å². The third-order valence-corrected chi connectivity index (χ3v) is 4.64. The summed E-state index contributed by atoms with van der Waals surface area (Å²) in [4.78, 5) is 14.6. The van der Waals surface area contributed by atoms with Gasteiger partial charge in [-0.25, -0.2) is 0 Å². The molecule has 1 aliphatic carbocycles. The third kappa shape index (κ3) is 3.21. The van der Waals surface area contributed by atoms with Crippen LogP contribution in [0.5, 0.6) is 0 Å². The molecular weight excluding hydrogens is 248 g/mol. The second-order valence-electron chi connectivity index (χ2n) is 6.59. The van der Waals surface area contributed by atoms with Gasteiger partial charge in [-0.05, 0) is 37.8 Å². The van der Waals surface area contributed by atoms with Crippen LogP contribution in [-0.4, -0.2) is 29.9 Å². The summed E-state index contributed by atoms with van der Waals surface area (Å²) in [6, 6.07) is 10.9. The first kappa shape index (κ1) is 13.6. The highest BCUT2D eigenvalue weighted by atomic mass is 16.2. The first-order valence-corrected chi connectivity index (χ1v) is 7.73. The Morgan fingerprint density at radius 2 is 2.10 bits per heavy atom. The molecule has 0 bridgehead atoms. The van der Waals surface area contributed by atoms with Crippen molar-refractivity contribution in [3.05, 3.63) is 35.9 Å². The maximum absolute atomic E-state index is 12.1. The molecule has 1 heterocycles. The molecule has 0 radical (unpaired) electrons. The van der Waals surface area contributed by atoms with Gasteiger partial charge in [-0.15, -0.1) is 0 Å². The Labute approximate surface area is 121 Å². The zero-order valence-corrected chi connectivity index (χ0v) is 12.3. The van der Waals surface area contributed by atoms with E-state index in [0.717, 1.165) is 38.9 Å². The van der Waals surface area contributed by atoms with Crippen molar-refractivity contribution in [3.63, 3.8) is 0 Å². The Balaban J connectivity index is 1.52. The van der Waals surface area contributed by atoms with Crippen LogP contribution in [0.3, 0.4) is 0 Å². The van der Waals surface area contributed by atoms with Crippen LogP contribution in [0.2, 0.25) is 0 Å². The number of carbonyl (C=O) groups is 1. The van der Waals surface area contributed by atoms with Gasteiger partial charge < -0.3 is 5.32 Å². The van der Waals surface area contributed by atoms with E-state index in [-0.39, 0.29) is 11.3 Å². The summed E-state index contributed by atoms with van der Waals surface area (Å²) in [7, 11) is 0. The Kier molecular flexibility index (Phi) is 3.79. The molecular formula is C17H24N2O. The van der Waals surface area contributed by atoms with Crippen LogP contribution in [0.25, 0.3) is 0 Å². The predicted molar refractivity (Wildman–Crippen MR) is 80.2 cm³/mol. The van der Waals surface area contributed by atoms with Gasteiger partial charge in [0.1, 0.15) is 0 Å². The summed E-state index contributed by atoms with van der Waals surface area (Å²) in [5.74, 6) is 0.268. The lowest BCUT2D eigenvalue weighted by Crippen LogP contribution is -2.48. The van der Waals surface area contributed by atoms with Crippen LogP contribution in [0.15, 0.2) is 30.3 Å². The monoisotopic (exact) mass is 272 g/mol. The van der Waals surface area contributed by atoms with Gasteiger partial charge in [0.25, 0.3) is 0 Å². The number of benzene rings is 1. The fourth-order valence-electron chi connectivity index (χ4n) is 2.93. The average Bonchev–Trinajstić information content (AvgIpc) is 3.20. The number of nitrogens with zero attached hydrogens (tertiary/aromatic N) is 1. The van der Waals surface area contributed by atoms with Gasteiger partial charge in [0.05, 0.1) is 0 Å². The normalized spacial score (nSPS) is 25.1. The smallest absolute Gasteiger partial charge is 0.226 e. The molecule has 1 aliphatic heterocycles. The highest BCUT2D eigenvalue weighted by molar-refractivity contribution is 5.85. The third-order valence-electron chi connectivity index (χ3n) is 4.64. The summed E-state index contributed by atoms with van der Waals surface area (Å²) in [6.07, 6.45) is 4.40. The standard InChI is InChI=1S/C17H24N2O/c1-17(9-10-17)16(20)18-15-8-5-11-19(13-15)12-14-6-3-2-4-7-14/h2-4,6-7,15H,5,8-13H2,1H3,(H,18,20). The number of hydrogen-bond acceptors (Lipinski definition) is 2. The van der Waals surface area contributed by atoms with Gasteiger partial charge in [0.15, 0.2) is 0 Å². The molecule has 2 aliphatic rings. The minimum Gasteiger partial charge on any atom is -0.352 e.